The van der Waals surface area contributed by atoms with E-state index in [1.807, 2.05) is 44.4 Å². The highest BCUT2D eigenvalue weighted by molar-refractivity contribution is 5.90. The van der Waals surface area contributed by atoms with Gasteiger partial charge < -0.3 is 15.5 Å². The predicted molar refractivity (Wildman–Crippen MR) is 134 cm³/mol. The molecule has 0 radical (unpaired) electrons. The molecular weight excluding hydrogens is 394 g/mol. The minimum Gasteiger partial charge on any atom is -0.362 e. The van der Waals surface area contributed by atoms with Crippen molar-refractivity contribution in [3.8, 4) is 11.8 Å². The largest absolute Gasteiger partial charge is 0.362 e. The highest BCUT2D eigenvalue weighted by atomic mass is 15.2. The van der Waals surface area contributed by atoms with E-state index in [0.29, 0.717) is 12.1 Å². The fourth-order valence-corrected chi connectivity index (χ4v) is 4.26. The van der Waals surface area contributed by atoms with Gasteiger partial charge in [0.25, 0.3) is 0 Å². The number of hydrogen-bond donors (Lipinski definition) is 2. The summed E-state index contributed by atoms with van der Waals surface area (Å²) in [6.45, 7) is 1.03. The second-order valence-electron chi connectivity index (χ2n) is 8.70. The molecule has 5 nitrogen and oxygen atoms in total. The number of anilines is 2. The number of para-hydroxylation sites is 1. The molecular formula is C27H33N5. The molecule has 0 spiro atoms. The molecule has 32 heavy (non-hydrogen) atoms. The van der Waals surface area contributed by atoms with Gasteiger partial charge in [-0.1, -0.05) is 42.2 Å². The molecule has 5 heteroatoms. The molecule has 1 aliphatic carbocycles. The predicted octanol–water partition coefficient (Wildman–Crippen LogP) is 4.84. The summed E-state index contributed by atoms with van der Waals surface area (Å²) in [5.41, 5.74) is 2.08. The molecule has 0 amide bonds. The Hall–Kier alpha value is -3.10. The molecule has 0 bridgehead atoms. The normalized spacial score (nSPS) is 18.1. The molecule has 3 aromatic rings. The van der Waals surface area contributed by atoms with Gasteiger partial charge in [-0.05, 0) is 62.9 Å². The van der Waals surface area contributed by atoms with Crippen LogP contribution in [-0.4, -0.2) is 42.7 Å². The van der Waals surface area contributed by atoms with Crippen molar-refractivity contribution < 1.29 is 0 Å². The molecule has 1 saturated carbocycles. The van der Waals surface area contributed by atoms with Crippen LogP contribution in [0.25, 0.3) is 10.9 Å². The van der Waals surface area contributed by atoms with Crippen molar-refractivity contribution in [3.05, 3.63) is 60.2 Å². The van der Waals surface area contributed by atoms with Gasteiger partial charge >= 0.3 is 0 Å². The van der Waals surface area contributed by atoms with E-state index in [1.165, 1.54) is 12.8 Å². The lowest BCUT2D eigenvalue weighted by Crippen LogP contribution is -2.37. The molecule has 0 atom stereocenters. The van der Waals surface area contributed by atoms with E-state index >= 15 is 0 Å². The first-order valence-corrected chi connectivity index (χ1v) is 11.7. The summed E-state index contributed by atoms with van der Waals surface area (Å²) in [4.78, 5) is 11.6. The summed E-state index contributed by atoms with van der Waals surface area (Å²) >= 11 is 0. The maximum absolute atomic E-state index is 4.79. The number of aromatic nitrogens is 2. The molecule has 1 heterocycles. The quantitative estimate of drug-likeness (QED) is 0.417. The topological polar surface area (TPSA) is 53.1 Å². The number of unbranched alkanes of at least 4 members (excludes halogenated alkanes) is 1. The second kappa shape index (κ2) is 11.0. The molecule has 1 fully saturated rings. The monoisotopic (exact) mass is 427 g/mol. The second-order valence-corrected chi connectivity index (χ2v) is 8.70. The van der Waals surface area contributed by atoms with E-state index in [4.69, 9.17) is 9.97 Å². The average molecular weight is 428 g/mol. The highest BCUT2D eigenvalue weighted by Crippen LogP contribution is 2.26. The molecule has 4 rings (SSSR count). The number of nitrogens with one attached hydrogen (secondary N) is 2. The van der Waals surface area contributed by atoms with Gasteiger partial charge in [0.05, 0.1) is 5.52 Å². The van der Waals surface area contributed by atoms with Crippen molar-refractivity contribution >= 4 is 22.7 Å². The van der Waals surface area contributed by atoms with Crippen LogP contribution in [0.3, 0.4) is 0 Å². The van der Waals surface area contributed by atoms with E-state index in [-0.39, 0.29) is 0 Å². The van der Waals surface area contributed by atoms with Gasteiger partial charge in [0, 0.05) is 43.5 Å². The summed E-state index contributed by atoms with van der Waals surface area (Å²) in [5.74, 6) is 8.21. The summed E-state index contributed by atoms with van der Waals surface area (Å²) < 4.78 is 0. The Bertz CT molecular complexity index is 1060. The van der Waals surface area contributed by atoms with Gasteiger partial charge in [-0.25, -0.2) is 4.98 Å². The van der Waals surface area contributed by atoms with Gasteiger partial charge in [0.1, 0.15) is 5.82 Å². The number of rotatable bonds is 7. The number of nitrogens with zero attached hydrogens (tertiary/aromatic N) is 3. The molecule has 1 aromatic heterocycles. The van der Waals surface area contributed by atoms with E-state index in [9.17, 15) is 0 Å². The summed E-state index contributed by atoms with van der Waals surface area (Å²) in [5, 5.41) is 8.40. The summed E-state index contributed by atoms with van der Waals surface area (Å²) in [6, 6.07) is 19.4. The van der Waals surface area contributed by atoms with Crippen LogP contribution in [0.2, 0.25) is 0 Å². The fourth-order valence-electron chi connectivity index (χ4n) is 4.26. The standard InChI is InChI=1S/C27H33N5/c1-32(2)26-24-14-8-9-15-25(24)30-27(31-26)29-23-18-16-22(17-19-23)28-20-10-4-7-13-21-11-5-3-6-12-21/h3,5-6,8-9,11-12,14-15,22-23,28H,4,10,16-20H2,1-2H3,(H,29,30,31). The van der Waals surface area contributed by atoms with Crippen molar-refractivity contribution in [2.24, 2.45) is 0 Å². The number of benzene rings is 2. The van der Waals surface area contributed by atoms with Crippen molar-refractivity contribution in [1.82, 2.24) is 15.3 Å². The Labute approximate surface area is 191 Å². The molecule has 0 aliphatic heterocycles. The third kappa shape index (κ3) is 5.99. The Morgan fingerprint density at radius 2 is 1.62 bits per heavy atom. The van der Waals surface area contributed by atoms with Crippen LogP contribution < -0.4 is 15.5 Å². The molecule has 0 saturated heterocycles. The molecule has 166 valence electrons. The van der Waals surface area contributed by atoms with Gasteiger partial charge in [-0.15, -0.1) is 0 Å². The third-order valence-electron chi connectivity index (χ3n) is 5.99. The Balaban J connectivity index is 1.21. The van der Waals surface area contributed by atoms with E-state index in [2.05, 4.69) is 51.6 Å². The lowest BCUT2D eigenvalue weighted by molar-refractivity contribution is 0.353. The minimum absolute atomic E-state index is 0.431. The zero-order valence-corrected chi connectivity index (χ0v) is 19.1. The Morgan fingerprint density at radius 3 is 2.41 bits per heavy atom. The zero-order valence-electron chi connectivity index (χ0n) is 19.1. The van der Waals surface area contributed by atoms with Gasteiger partial charge in [-0.3, -0.25) is 0 Å². The van der Waals surface area contributed by atoms with E-state index in [0.717, 1.165) is 60.5 Å². The van der Waals surface area contributed by atoms with Crippen molar-refractivity contribution in [1.29, 1.82) is 0 Å². The van der Waals surface area contributed by atoms with E-state index < -0.39 is 0 Å². The summed E-state index contributed by atoms with van der Waals surface area (Å²) in [7, 11) is 4.06. The smallest absolute Gasteiger partial charge is 0.225 e. The minimum atomic E-state index is 0.431. The van der Waals surface area contributed by atoms with Crippen LogP contribution in [0, 0.1) is 11.8 Å². The van der Waals surface area contributed by atoms with Crippen LogP contribution in [0.5, 0.6) is 0 Å². The zero-order chi connectivity index (χ0) is 22.2. The summed E-state index contributed by atoms with van der Waals surface area (Å²) in [6.07, 6.45) is 6.67. The van der Waals surface area contributed by atoms with Crippen LogP contribution in [-0.2, 0) is 0 Å². The molecule has 2 aromatic carbocycles. The first-order valence-electron chi connectivity index (χ1n) is 11.7. The first kappa shape index (κ1) is 22.1. The lowest BCUT2D eigenvalue weighted by Gasteiger charge is -2.30. The molecule has 1 aliphatic rings. The van der Waals surface area contributed by atoms with Crippen LogP contribution in [0.1, 0.15) is 44.1 Å². The maximum atomic E-state index is 4.79. The third-order valence-corrected chi connectivity index (χ3v) is 5.99. The van der Waals surface area contributed by atoms with Crippen LogP contribution in [0.15, 0.2) is 54.6 Å². The van der Waals surface area contributed by atoms with Gasteiger partial charge in [0.2, 0.25) is 5.95 Å². The molecule has 2 N–H and O–H groups in total. The number of fused-ring (bicyclic) bond motifs is 1. The Kier molecular flexibility index (Phi) is 7.58. The number of hydrogen-bond acceptors (Lipinski definition) is 5. The van der Waals surface area contributed by atoms with Crippen molar-refractivity contribution in [2.45, 2.75) is 50.6 Å². The van der Waals surface area contributed by atoms with Crippen LogP contribution in [0.4, 0.5) is 11.8 Å². The SMILES string of the molecule is CN(C)c1nc(NC2CCC(NCCCC#Cc3ccccc3)CC2)nc2ccccc12. The first-order chi connectivity index (χ1) is 15.7. The fraction of sp³-hybridized carbons (Fsp3) is 0.407. The van der Waals surface area contributed by atoms with Crippen LogP contribution >= 0.6 is 0 Å². The van der Waals surface area contributed by atoms with Crippen molar-refractivity contribution in [2.75, 3.05) is 30.9 Å². The Morgan fingerprint density at radius 1 is 0.906 bits per heavy atom. The van der Waals surface area contributed by atoms with E-state index in [1.54, 1.807) is 0 Å². The maximum Gasteiger partial charge on any atom is 0.225 e. The van der Waals surface area contributed by atoms with Gasteiger partial charge in [-0.2, -0.15) is 4.98 Å². The average Bonchev–Trinajstić information content (AvgIpc) is 2.82. The lowest BCUT2D eigenvalue weighted by atomic mass is 9.91. The van der Waals surface area contributed by atoms with Crippen molar-refractivity contribution in [3.63, 3.8) is 0 Å². The highest BCUT2D eigenvalue weighted by Gasteiger charge is 2.21. The molecule has 0 unspecified atom stereocenters. The van der Waals surface area contributed by atoms with Gasteiger partial charge in [0.15, 0.2) is 0 Å².